The van der Waals surface area contributed by atoms with Crippen molar-refractivity contribution in [3.8, 4) is 0 Å². The van der Waals surface area contributed by atoms with Crippen molar-refractivity contribution in [2.45, 2.75) is 20.3 Å². The van der Waals surface area contributed by atoms with E-state index in [1.54, 1.807) is 0 Å². The largest absolute Gasteiger partial charge is 0.0928 e. The van der Waals surface area contributed by atoms with Gasteiger partial charge in [0.25, 0.3) is 0 Å². The Morgan fingerprint density at radius 3 is 1.75 bits per heavy atom. The van der Waals surface area contributed by atoms with Crippen LogP contribution in [0.4, 0.5) is 0 Å². The number of hydrogen-bond donors (Lipinski definition) is 0. The molecule has 0 aliphatic heterocycles. The van der Waals surface area contributed by atoms with Crippen molar-refractivity contribution in [3.63, 3.8) is 0 Å². The normalized spacial score (nSPS) is 8.25. The molecule has 0 bridgehead atoms. The molecule has 0 saturated heterocycles. The van der Waals surface area contributed by atoms with Gasteiger partial charge >= 0.3 is 0 Å². The smallest absolute Gasteiger partial charge is 0.00337 e. The van der Waals surface area contributed by atoms with E-state index in [-0.39, 0.29) is 0 Å². The zero-order chi connectivity index (χ0) is 6.99. The lowest BCUT2D eigenvalue weighted by molar-refractivity contribution is 0.634. The van der Waals surface area contributed by atoms with Crippen LogP contribution in [0.1, 0.15) is 20.3 Å². The molecule has 0 atom stereocenters. The molecule has 0 N–H and O–H groups in total. The van der Waals surface area contributed by atoms with Crippen molar-refractivity contribution < 1.29 is 0 Å². The third-order valence-electron chi connectivity index (χ3n) is 0.686. The third kappa shape index (κ3) is 15.7. The van der Waals surface area contributed by atoms with E-state index in [0.29, 0.717) is 0 Å². The Labute approximate surface area is 74.7 Å². The van der Waals surface area contributed by atoms with Gasteiger partial charge in [0.2, 0.25) is 0 Å². The topological polar surface area (TPSA) is 0 Å². The van der Waals surface area contributed by atoms with Crippen LogP contribution in [0.3, 0.4) is 0 Å². The standard InChI is InChI=1S/C5H11Br.CH3I/c1-5(2)3-4-6;1-2/h5H,3-4H2,1-2H3;1H3. The van der Waals surface area contributed by atoms with Gasteiger partial charge in [0, 0.05) is 5.33 Å². The molecule has 0 aliphatic carbocycles. The average molecular weight is 293 g/mol. The first-order valence-corrected chi connectivity index (χ1v) is 5.99. The monoisotopic (exact) mass is 292 g/mol. The van der Waals surface area contributed by atoms with Crippen LogP contribution in [0.5, 0.6) is 0 Å². The first-order valence-electron chi connectivity index (χ1n) is 2.71. The van der Waals surface area contributed by atoms with E-state index in [0.717, 1.165) is 11.2 Å². The second kappa shape index (κ2) is 11.1. The molecular weight excluding hydrogens is 279 g/mol. The van der Waals surface area contributed by atoms with Crippen molar-refractivity contribution in [3.05, 3.63) is 0 Å². The maximum atomic E-state index is 3.35. The minimum Gasteiger partial charge on any atom is -0.0928 e. The summed E-state index contributed by atoms with van der Waals surface area (Å²) in [7, 11) is 0. The van der Waals surface area contributed by atoms with Crippen LogP contribution in [0.25, 0.3) is 0 Å². The predicted octanol–water partition coefficient (Wildman–Crippen LogP) is 3.48. The van der Waals surface area contributed by atoms with Gasteiger partial charge in [-0.05, 0) is 17.3 Å². The van der Waals surface area contributed by atoms with Crippen LogP contribution >= 0.6 is 38.5 Å². The van der Waals surface area contributed by atoms with Crippen molar-refractivity contribution in [1.29, 1.82) is 0 Å². The molecular formula is C6H14BrI. The van der Waals surface area contributed by atoms with Gasteiger partial charge < -0.3 is 0 Å². The SMILES string of the molecule is CC(C)CCBr.CI. The average Bonchev–Trinajstić information content (AvgIpc) is 1.72. The molecule has 0 nitrogen and oxygen atoms in total. The number of hydrogen-bond acceptors (Lipinski definition) is 0. The summed E-state index contributed by atoms with van der Waals surface area (Å²) < 4.78 is 0. The van der Waals surface area contributed by atoms with E-state index in [2.05, 4.69) is 52.4 Å². The van der Waals surface area contributed by atoms with Crippen LogP contribution in [0.15, 0.2) is 0 Å². The zero-order valence-electron chi connectivity index (χ0n) is 5.75. The fourth-order valence-corrected chi connectivity index (χ4v) is 1.13. The van der Waals surface area contributed by atoms with Crippen molar-refractivity contribution in [2.75, 3.05) is 10.3 Å². The lowest BCUT2D eigenvalue weighted by atomic mass is 10.2. The molecule has 8 heavy (non-hydrogen) atoms. The van der Waals surface area contributed by atoms with Gasteiger partial charge in [-0.2, -0.15) is 0 Å². The second-order valence-corrected chi connectivity index (χ2v) is 2.66. The number of alkyl halides is 2. The molecule has 0 aromatic carbocycles. The Bertz CT molecular complexity index is 29.7. The molecule has 0 fully saturated rings. The van der Waals surface area contributed by atoms with Crippen LogP contribution in [-0.4, -0.2) is 10.3 Å². The fourth-order valence-electron chi connectivity index (χ4n) is 0.218. The number of rotatable bonds is 2. The van der Waals surface area contributed by atoms with Crippen LogP contribution in [0.2, 0.25) is 0 Å². The molecule has 0 aromatic rings. The molecule has 0 radical (unpaired) electrons. The Morgan fingerprint density at radius 2 is 1.75 bits per heavy atom. The van der Waals surface area contributed by atoms with E-state index >= 15 is 0 Å². The Kier molecular flexibility index (Phi) is 16.5. The van der Waals surface area contributed by atoms with E-state index in [9.17, 15) is 0 Å². The van der Waals surface area contributed by atoms with Crippen molar-refractivity contribution in [1.82, 2.24) is 0 Å². The van der Waals surface area contributed by atoms with E-state index < -0.39 is 0 Å². The molecule has 0 rings (SSSR count). The van der Waals surface area contributed by atoms with Gasteiger partial charge in [-0.15, -0.1) is 0 Å². The molecule has 0 saturated carbocycles. The van der Waals surface area contributed by atoms with Crippen molar-refractivity contribution >= 4 is 38.5 Å². The molecule has 0 spiro atoms. The molecule has 0 aromatic heterocycles. The molecule has 0 heterocycles. The molecule has 52 valence electrons. The lowest BCUT2D eigenvalue weighted by Gasteiger charge is -1.94. The van der Waals surface area contributed by atoms with Gasteiger partial charge in [-0.25, -0.2) is 0 Å². The van der Waals surface area contributed by atoms with E-state index in [1.165, 1.54) is 6.42 Å². The minimum atomic E-state index is 0.851. The first kappa shape index (κ1) is 11.9. The van der Waals surface area contributed by atoms with Crippen molar-refractivity contribution in [2.24, 2.45) is 5.92 Å². The second-order valence-electron chi connectivity index (χ2n) is 1.87. The maximum Gasteiger partial charge on any atom is 0.00337 e. The third-order valence-corrected chi connectivity index (χ3v) is 1.14. The molecule has 0 unspecified atom stereocenters. The zero-order valence-corrected chi connectivity index (χ0v) is 9.49. The summed E-state index contributed by atoms with van der Waals surface area (Å²) in [5, 5.41) is 1.14. The highest BCUT2D eigenvalue weighted by atomic mass is 127. The minimum absolute atomic E-state index is 0.851. The summed E-state index contributed by atoms with van der Waals surface area (Å²) in [6, 6.07) is 0. The van der Waals surface area contributed by atoms with Gasteiger partial charge in [-0.3, -0.25) is 0 Å². The Hall–Kier alpha value is 1.21. The number of halogens is 2. The summed E-state index contributed by atoms with van der Waals surface area (Å²) in [5.74, 6) is 0.851. The predicted molar refractivity (Wildman–Crippen MR) is 53.2 cm³/mol. The highest BCUT2D eigenvalue weighted by molar-refractivity contribution is 14.1. The van der Waals surface area contributed by atoms with Gasteiger partial charge in [0.05, 0.1) is 0 Å². The van der Waals surface area contributed by atoms with Gasteiger partial charge in [0.1, 0.15) is 0 Å². The van der Waals surface area contributed by atoms with Crippen LogP contribution in [-0.2, 0) is 0 Å². The van der Waals surface area contributed by atoms with E-state index in [1.807, 2.05) is 4.93 Å². The summed E-state index contributed by atoms with van der Waals surface area (Å²) in [5.41, 5.74) is 0. The summed E-state index contributed by atoms with van der Waals surface area (Å²) >= 11 is 5.50. The maximum absolute atomic E-state index is 3.35. The molecule has 0 amide bonds. The van der Waals surface area contributed by atoms with Gasteiger partial charge in [-0.1, -0.05) is 52.4 Å². The highest BCUT2D eigenvalue weighted by Crippen LogP contribution is 2.00. The fraction of sp³-hybridized carbons (Fsp3) is 1.00. The Morgan fingerprint density at radius 1 is 1.38 bits per heavy atom. The first-order chi connectivity index (χ1) is 3.77. The summed E-state index contributed by atoms with van der Waals surface area (Å²) in [6.45, 7) is 4.45. The van der Waals surface area contributed by atoms with E-state index in [4.69, 9.17) is 0 Å². The Balaban J connectivity index is 0. The van der Waals surface area contributed by atoms with Crippen LogP contribution in [0, 0.1) is 5.92 Å². The summed E-state index contributed by atoms with van der Waals surface area (Å²) in [6.07, 6.45) is 1.29. The highest BCUT2D eigenvalue weighted by Gasteiger charge is 1.86. The quantitative estimate of drug-likeness (QED) is 0.540. The summed E-state index contributed by atoms with van der Waals surface area (Å²) in [4.78, 5) is 1.97. The molecule has 0 aliphatic rings. The lowest BCUT2D eigenvalue weighted by Crippen LogP contribution is -1.84. The van der Waals surface area contributed by atoms with Gasteiger partial charge in [0.15, 0.2) is 0 Å². The molecule has 2 heteroatoms. The van der Waals surface area contributed by atoms with Crippen LogP contribution < -0.4 is 0 Å².